The van der Waals surface area contributed by atoms with Crippen LogP contribution in [0.25, 0.3) is 11.3 Å². The van der Waals surface area contributed by atoms with Crippen LogP contribution in [0.15, 0.2) is 30.5 Å². The lowest BCUT2D eigenvalue weighted by molar-refractivity contribution is 0.112. The van der Waals surface area contributed by atoms with Crippen molar-refractivity contribution in [2.45, 2.75) is 13.8 Å². The number of hydrogen-bond acceptors (Lipinski definition) is 4. The zero-order valence-corrected chi connectivity index (χ0v) is 11.9. The molecule has 0 aliphatic rings. The number of nitrogens with zero attached hydrogens (tertiary/aromatic N) is 1. The van der Waals surface area contributed by atoms with E-state index in [4.69, 9.17) is 9.47 Å². The highest BCUT2D eigenvalue weighted by molar-refractivity contribution is 5.83. The van der Waals surface area contributed by atoms with Crippen LogP contribution in [-0.4, -0.2) is 24.5 Å². The van der Waals surface area contributed by atoms with Crippen molar-refractivity contribution in [3.05, 3.63) is 41.8 Å². The lowest BCUT2D eigenvalue weighted by Crippen LogP contribution is -2.01. The maximum absolute atomic E-state index is 13.0. The number of benzene rings is 1. The zero-order chi connectivity index (χ0) is 15.2. The Morgan fingerprint density at radius 2 is 1.76 bits per heavy atom. The van der Waals surface area contributed by atoms with Gasteiger partial charge in [-0.3, -0.25) is 9.78 Å². The Balaban J connectivity index is 2.63. The molecule has 110 valence electrons. The van der Waals surface area contributed by atoms with Crippen molar-refractivity contribution < 1.29 is 18.7 Å². The predicted molar refractivity (Wildman–Crippen MR) is 77.4 cm³/mol. The molecule has 0 amide bonds. The molecule has 0 saturated heterocycles. The third kappa shape index (κ3) is 3.37. The van der Waals surface area contributed by atoms with E-state index < -0.39 is 5.82 Å². The molecule has 0 radical (unpaired) electrons. The van der Waals surface area contributed by atoms with Crippen molar-refractivity contribution in [2.24, 2.45) is 0 Å². The van der Waals surface area contributed by atoms with Gasteiger partial charge in [0, 0.05) is 5.56 Å². The molecule has 1 aromatic heterocycles. The van der Waals surface area contributed by atoms with E-state index >= 15 is 0 Å². The van der Waals surface area contributed by atoms with Crippen molar-refractivity contribution in [1.29, 1.82) is 0 Å². The molecule has 0 aliphatic heterocycles. The van der Waals surface area contributed by atoms with Gasteiger partial charge < -0.3 is 9.47 Å². The summed E-state index contributed by atoms with van der Waals surface area (Å²) in [4.78, 5) is 15.1. The first-order valence-electron chi connectivity index (χ1n) is 6.70. The largest absolute Gasteiger partial charge is 0.493 e. The molecular weight excluding hydrogens is 273 g/mol. The lowest BCUT2D eigenvalue weighted by Gasteiger charge is -2.15. The molecule has 0 saturated carbocycles. The number of halogens is 1. The van der Waals surface area contributed by atoms with E-state index in [0.29, 0.717) is 41.5 Å². The second-order valence-corrected chi connectivity index (χ2v) is 4.24. The van der Waals surface area contributed by atoms with Crippen molar-refractivity contribution in [1.82, 2.24) is 4.98 Å². The van der Waals surface area contributed by atoms with E-state index in [-0.39, 0.29) is 0 Å². The standard InChI is InChI=1S/C16H16FNO3/c1-3-20-14-7-11(10-19)8-15(21-4-2)16(14)13-6-5-12(17)9-18-13/h5-10H,3-4H2,1-2H3. The molecule has 0 fully saturated rings. The van der Waals surface area contributed by atoms with Gasteiger partial charge in [-0.1, -0.05) is 0 Å². The molecule has 1 heterocycles. The average Bonchev–Trinajstić information content (AvgIpc) is 2.49. The van der Waals surface area contributed by atoms with Crippen LogP contribution in [0.4, 0.5) is 4.39 Å². The van der Waals surface area contributed by atoms with E-state index in [1.807, 2.05) is 13.8 Å². The normalized spacial score (nSPS) is 10.2. The Kier molecular flexibility index (Phi) is 4.87. The van der Waals surface area contributed by atoms with Gasteiger partial charge >= 0.3 is 0 Å². The Bertz CT molecular complexity index is 599. The first kappa shape index (κ1) is 15.0. The highest BCUT2D eigenvalue weighted by atomic mass is 19.1. The number of carbonyl (C=O) groups is 1. The fourth-order valence-electron chi connectivity index (χ4n) is 1.99. The van der Waals surface area contributed by atoms with Crippen LogP contribution >= 0.6 is 0 Å². The maximum Gasteiger partial charge on any atom is 0.150 e. The summed E-state index contributed by atoms with van der Waals surface area (Å²) in [6.45, 7) is 4.55. The fraction of sp³-hybridized carbons (Fsp3) is 0.250. The Labute approximate surface area is 122 Å². The predicted octanol–water partition coefficient (Wildman–Crippen LogP) is 3.50. The summed E-state index contributed by atoms with van der Waals surface area (Å²) in [7, 11) is 0. The first-order valence-corrected chi connectivity index (χ1v) is 6.70. The summed E-state index contributed by atoms with van der Waals surface area (Å²) in [6.07, 6.45) is 1.86. The summed E-state index contributed by atoms with van der Waals surface area (Å²) < 4.78 is 24.2. The van der Waals surface area contributed by atoms with Gasteiger partial charge in [0.25, 0.3) is 0 Å². The molecule has 4 nitrogen and oxygen atoms in total. The Hall–Kier alpha value is -2.43. The summed E-state index contributed by atoms with van der Waals surface area (Å²) >= 11 is 0. The number of hydrogen-bond donors (Lipinski definition) is 0. The summed E-state index contributed by atoms with van der Waals surface area (Å²) in [5.74, 6) is 0.563. The number of aromatic nitrogens is 1. The number of ether oxygens (including phenoxy) is 2. The molecule has 0 spiro atoms. The van der Waals surface area contributed by atoms with Gasteiger partial charge in [0.15, 0.2) is 0 Å². The lowest BCUT2D eigenvalue weighted by atomic mass is 10.1. The van der Waals surface area contributed by atoms with E-state index in [2.05, 4.69) is 4.98 Å². The monoisotopic (exact) mass is 289 g/mol. The van der Waals surface area contributed by atoms with Crippen molar-refractivity contribution in [3.8, 4) is 22.8 Å². The summed E-state index contributed by atoms with van der Waals surface area (Å²) in [5, 5.41) is 0. The number of rotatable bonds is 6. The van der Waals surface area contributed by atoms with Crippen LogP contribution in [0, 0.1) is 5.82 Å². The third-order valence-electron chi connectivity index (χ3n) is 2.81. The van der Waals surface area contributed by atoms with Gasteiger partial charge in [0.2, 0.25) is 0 Å². The van der Waals surface area contributed by atoms with Gasteiger partial charge in [-0.25, -0.2) is 4.39 Å². The SMILES string of the molecule is CCOc1cc(C=O)cc(OCC)c1-c1ccc(F)cn1. The molecule has 0 atom stereocenters. The second-order valence-electron chi connectivity index (χ2n) is 4.24. The first-order chi connectivity index (χ1) is 10.2. The second kappa shape index (κ2) is 6.83. The van der Waals surface area contributed by atoms with E-state index in [1.54, 1.807) is 18.2 Å². The molecule has 2 rings (SSSR count). The zero-order valence-electron chi connectivity index (χ0n) is 11.9. The van der Waals surface area contributed by atoms with Crippen molar-refractivity contribution in [2.75, 3.05) is 13.2 Å². The van der Waals surface area contributed by atoms with Crippen molar-refractivity contribution in [3.63, 3.8) is 0 Å². The molecule has 1 aromatic carbocycles. The summed E-state index contributed by atoms with van der Waals surface area (Å²) in [5.41, 5.74) is 1.60. The van der Waals surface area contributed by atoms with E-state index in [1.165, 1.54) is 6.07 Å². The molecule has 0 unspecified atom stereocenters. The van der Waals surface area contributed by atoms with E-state index in [9.17, 15) is 9.18 Å². The van der Waals surface area contributed by atoms with Gasteiger partial charge in [-0.2, -0.15) is 0 Å². The van der Waals surface area contributed by atoms with Crippen LogP contribution < -0.4 is 9.47 Å². The minimum Gasteiger partial charge on any atom is -0.493 e. The molecular formula is C16H16FNO3. The molecule has 2 aromatic rings. The van der Waals surface area contributed by atoms with Crippen LogP contribution in [-0.2, 0) is 0 Å². The Morgan fingerprint density at radius 3 is 2.19 bits per heavy atom. The molecule has 0 aliphatic carbocycles. The van der Waals surface area contributed by atoms with Crippen LogP contribution in [0.2, 0.25) is 0 Å². The smallest absolute Gasteiger partial charge is 0.150 e. The quantitative estimate of drug-likeness (QED) is 0.764. The van der Waals surface area contributed by atoms with Gasteiger partial charge in [-0.15, -0.1) is 0 Å². The Morgan fingerprint density at radius 1 is 1.14 bits per heavy atom. The topological polar surface area (TPSA) is 48.4 Å². The maximum atomic E-state index is 13.0. The van der Waals surface area contributed by atoms with Crippen molar-refractivity contribution >= 4 is 6.29 Å². The van der Waals surface area contributed by atoms with Gasteiger partial charge in [0.05, 0.1) is 30.7 Å². The highest BCUT2D eigenvalue weighted by Crippen LogP contribution is 2.38. The fourth-order valence-corrected chi connectivity index (χ4v) is 1.99. The number of aldehydes is 1. The molecule has 21 heavy (non-hydrogen) atoms. The molecule has 0 N–H and O–H groups in total. The number of pyridine rings is 1. The number of carbonyl (C=O) groups excluding carboxylic acids is 1. The molecule has 0 bridgehead atoms. The van der Waals surface area contributed by atoms with Gasteiger partial charge in [-0.05, 0) is 38.1 Å². The minimum absolute atomic E-state index is 0.417. The van der Waals surface area contributed by atoms with Crippen LogP contribution in [0.1, 0.15) is 24.2 Å². The van der Waals surface area contributed by atoms with Crippen LogP contribution in [0.5, 0.6) is 11.5 Å². The van der Waals surface area contributed by atoms with E-state index in [0.717, 1.165) is 12.5 Å². The highest BCUT2D eigenvalue weighted by Gasteiger charge is 2.16. The van der Waals surface area contributed by atoms with Crippen LogP contribution in [0.3, 0.4) is 0 Å². The minimum atomic E-state index is -0.417. The van der Waals surface area contributed by atoms with Gasteiger partial charge in [0.1, 0.15) is 23.6 Å². The summed E-state index contributed by atoms with van der Waals surface area (Å²) in [6, 6.07) is 6.12. The molecule has 5 heteroatoms. The average molecular weight is 289 g/mol. The third-order valence-corrected chi connectivity index (χ3v) is 2.81.